The summed E-state index contributed by atoms with van der Waals surface area (Å²) in [7, 11) is -3.84. The van der Waals surface area contributed by atoms with Crippen LogP contribution in [0.1, 0.15) is 29.6 Å². The van der Waals surface area contributed by atoms with Gasteiger partial charge < -0.3 is 4.74 Å². The molecule has 0 saturated heterocycles. The van der Waals surface area contributed by atoms with Crippen LogP contribution in [0.4, 0.5) is 0 Å². The van der Waals surface area contributed by atoms with E-state index in [9.17, 15) is 18.0 Å². The minimum atomic E-state index is -3.84. The minimum Gasteiger partial charge on any atom is -0.464 e. The third-order valence-electron chi connectivity index (χ3n) is 4.05. The van der Waals surface area contributed by atoms with Gasteiger partial charge in [-0.3, -0.25) is 9.59 Å². The van der Waals surface area contributed by atoms with Crippen molar-refractivity contribution in [3.8, 4) is 0 Å². The molecule has 7 heteroatoms. The number of fused-ring (bicyclic) bond motifs is 1. The molecule has 1 aliphatic heterocycles. The summed E-state index contributed by atoms with van der Waals surface area (Å²) in [6, 6.07) is 6.08. The molecule has 1 aliphatic carbocycles. The predicted molar refractivity (Wildman–Crippen MR) is 82.1 cm³/mol. The summed E-state index contributed by atoms with van der Waals surface area (Å²) in [6.45, 7) is -0.290. The molecular formula is C16H17NO5S. The number of carbonyl (C=O) groups is 2. The molecule has 6 nitrogen and oxygen atoms in total. The molecule has 122 valence electrons. The second-order valence-electron chi connectivity index (χ2n) is 5.53. The van der Waals surface area contributed by atoms with Crippen molar-refractivity contribution in [2.75, 3.05) is 13.2 Å². The van der Waals surface area contributed by atoms with Crippen LogP contribution in [0.2, 0.25) is 0 Å². The Morgan fingerprint density at radius 1 is 1.26 bits per heavy atom. The van der Waals surface area contributed by atoms with Crippen LogP contribution in [-0.2, 0) is 19.6 Å². The molecule has 3 rings (SSSR count). The van der Waals surface area contributed by atoms with E-state index < -0.39 is 15.9 Å². The summed E-state index contributed by atoms with van der Waals surface area (Å²) in [5, 5.41) is 0. The van der Waals surface area contributed by atoms with Crippen LogP contribution in [0.5, 0.6) is 0 Å². The lowest BCUT2D eigenvalue weighted by molar-refractivity contribution is -0.148. The van der Waals surface area contributed by atoms with Gasteiger partial charge in [0.05, 0.1) is 18.0 Å². The van der Waals surface area contributed by atoms with E-state index in [1.54, 1.807) is 12.1 Å². The van der Waals surface area contributed by atoms with Gasteiger partial charge in [0.1, 0.15) is 11.5 Å². The maximum Gasteiger partial charge on any atom is 0.309 e. The highest BCUT2D eigenvalue weighted by Crippen LogP contribution is 2.29. The van der Waals surface area contributed by atoms with Gasteiger partial charge >= 0.3 is 5.97 Å². The number of benzene rings is 1. The van der Waals surface area contributed by atoms with Crippen molar-refractivity contribution in [2.24, 2.45) is 5.92 Å². The summed E-state index contributed by atoms with van der Waals surface area (Å²) in [6.07, 6.45) is 6.19. The van der Waals surface area contributed by atoms with Crippen molar-refractivity contribution < 1.29 is 22.7 Å². The van der Waals surface area contributed by atoms with Crippen LogP contribution in [0.15, 0.2) is 41.3 Å². The van der Waals surface area contributed by atoms with Gasteiger partial charge in [-0.05, 0) is 31.4 Å². The molecule has 2 aliphatic rings. The molecule has 0 saturated carbocycles. The van der Waals surface area contributed by atoms with E-state index in [-0.39, 0.29) is 35.5 Å². The fourth-order valence-corrected chi connectivity index (χ4v) is 4.36. The number of hydrogen-bond donors (Lipinski definition) is 0. The quantitative estimate of drug-likeness (QED) is 0.618. The van der Waals surface area contributed by atoms with E-state index >= 15 is 0 Å². The summed E-state index contributed by atoms with van der Waals surface area (Å²) in [5.41, 5.74) is 0.163. The van der Waals surface area contributed by atoms with Crippen molar-refractivity contribution in [1.29, 1.82) is 0 Å². The largest absolute Gasteiger partial charge is 0.464 e. The van der Waals surface area contributed by atoms with Gasteiger partial charge in [-0.25, -0.2) is 12.7 Å². The van der Waals surface area contributed by atoms with Crippen molar-refractivity contribution in [2.45, 2.75) is 24.2 Å². The minimum absolute atomic E-state index is 0.00810. The third-order valence-corrected chi connectivity index (χ3v) is 5.89. The van der Waals surface area contributed by atoms with E-state index in [4.69, 9.17) is 4.74 Å². The van der Waals surface area contributed by atoms with Gasteiger partial charge in [-0.2, -0.15) is 0 Å². The van der Waals surface area contributed by atoms with Crippen LogP contribution >= 0.6 is 0 Å². The summed E-state index contributed by atoms with van der Waals surface area (Å²) < 4.78 is 30.6. The number of ether oxygens (including phenoxy) is 1. The molecule has 0 bridgehead atoms. The second-order valence-corrected chi connectivity index (χ2v) is 7.36. The van der Waals surface area contributed by atoms with Crippen molar-refractivity contribution >= 4 is 21.9 Å². The van der Waals surface area contributed by atoms with Crippen LogP contribution in [-0.4, -0.2) is 37.8 Å². The Morgan fingerprint density at radius 3 is 2.74 bits per heavy atom. The number of rotatable bonds is 4. The molecule has 1 aromatic carbocycles. The molecule has 0 unspecified atom stereocenters. The average Bonchev–Trinajstić information content (AvgIpc) is 2.76. The highest BCUT2D eigenvalue weighted by atomic mass is 32.2. The van der Waals surface area contributed by atoms with Crippen LogP contribution in [0, 0.1) is 5.92 Å². The fraction of sp³-hybridized carbons (Fsp3) is 0.375. The van der Waals surface area contributed by atoms with Gasteiger partial charge in [0.2, 0.25) is 0 Å². The summed E-state index contributed by atoms with van der Waals surface area (Å²) in [5.74, 6) is -1.09. The number of nitrogens with zero attached hydrogens (tertiary/aromatic N) is 1. The second kappa shape index (κ2) is 6.16. The highest BCUT2D eigenvalue weighted by molar-refractivity contribution is 7.90. The number of allylic oxidation sites excluding steroid dienone is 2. The Balaban J connectivity index is 1.62. The Morgan fingerprint density at radius 2 is 2.04 bits per heavy atom. The molecular weight excluding hydrogens is 318 g/mol. The van der Waals surface area contributed by atoms with Gasteiger partial charge in [-0.1, -0.05) is 24.3 Å². The zero-order valence-corrected chi connectivity index (χ0v) is 13.3. The van der Waals surface area contributed by atoms with Gasteiger partial charge in [-0.15, -0.1) is 0 Å². The number of carbonyl (C=O) groups excluding carboxylic acids is 2. The van der Waals surface area contributed by atoms with Gasteiger partial charge in [0.25, 0.3) is 15.9 Å². The zero-order chi connectivity index (χ0) is 16.4. The Hall–Kier alpha value is -2.15. The SMILES string of the molecule is O=C(OCCN1C(=O)c2ccccc2S1(=O)=O)[C@@H]1CC=CCC1. The molecule has 23 heavy (non-hydrogen) atoms. The van der Waals surface area contributed by atoms with Crippen molar-refractivity contribution in [3.05, 3.63) is 42.0 Å². The van der Waals surface area contributed by atoms with Crippen molar-refractivity contribution in [3.63, 3.8) is 0 Å². The average molecular weight is 335 g/mol. The van der Waals surface area contributed by atoms with Crippen LogP contribution < -0.4 is 0 Å². The molecule has 0 N–H and O–H groups in total. The Labute approximate surface area is 134 Å². The molecule has 0 aromatic heterocycles. The first kappa shape index (κ1) is 15.7. The molecule has 0 radical (unpaired) electrons. The van der Waals surface area contributed by atoms with Crippen LogP contribution in [0.3, 0.4) is 0 Å². The first-order chi connectivity index (χ1) is 11.0. The first-order valence-electron chi connectivity index (χ1n) is 7.49. The third kappa shape index (κ3) is 2.88. The molecule has 1 aromatic rings. The van der Waals surface area contributed by atoms with E-state index in [0.717, 1.165) is 17.1 Å². The fourth-order valence-electron chi connectivity index (χ4n) is 2.81. The first-order valence-corrected chi connectivity index (χ1v) is 8.93. The van der Waals surface area contributed by atoms with Crippen LogP contribution in [0.25, 0.3) is 0 Å². The Bertz CT molecular complexity index is 768. The van der Waals surface area contributed by atoms with Crippen molar-refractivity contribution in [1.82, 2.24) is 4.31 Å². The lowest BCUT2D eigenvalue weighted by Gasteiger charge is -2.18. The normalized spacial score (nSPS) is 22.0. The summed E-state index contributed by atoms with van der Waals surface area (Å²) in [4.78, 5) is 24.1. The Kier molecular flexibility index (Phi) is 4.21. The molecule has 1 heterocycles. The molecule has 1 atom stereocenters. The maximum absolute atomic E-state index is 12.3. The number of hydrogen-bond acceptors (Lipinski definition) is 5. The standard InChI is InChI=1S/C16H17NO5S/c18-15-13-8-4-5-9-14(13)23(20,21)17(15)10-11-22-16(19)12-6-2-1-3-7-12/h1-2,4-5,8-9,12H,3,6-7,10-11H2/t12-/m1/s1. The summed E-state index contributed by atoms with van der Waals surface area (Å²) >= 11 is 0. The van der Waals surface area contributed by atoms with Gasteiger partial charge in [0, 0.05) is 0 Å². The van der Waals surface area contributed by atoms with E-state index in [1.165, 1.54) is 12.1 Å². The lowest BCUT2D eigenvalue weighted by atomic mass is 9.95. The molecule has 0 fully saturated rings. The van der Waals surface area contributed by atoms with E-state index in [0.29, 0.717) is 6.42 Å². The van der Waals surface area contributed by atoms with E-state index in [2.05, 4.69) is 0 Å². The monoisotopic (exact) mass is 335 g/mol. The number of sulfonamides is 1. The predicted octanol–water partition coefficient (Wildman–Crippen LogP) is 1.73. The van der Waals surface area contributed by atoms with Gasteiger partial charge in [0.15, 0.2) is 0 Å². The number of amides is 1. The number of esters is 1. The highest BCUT2D eigenvalue weighted by Gasteiger charge is 2.40. The lowest BCUT2D eigenvalue weighted by Crippen LogP contribution is -2.34. The molecule has 1 amide bonds. The topological polar surface area (TPSA) is 80.8 Å². The smallest absolute Gasteiger partial charge is 0.309 e. The molecule has 0 spiro atoms. The zero-order valence-electron chi connectivity index (χ0n) is 12.5. The maximum atomic E-state index is 12.3. The van der Waals surface area contributed by atoms with E-state index in [1.807, 2.05) is 12.2 Å².